The fourth-order valence-corrected chi connectivity index (χ4v) is 3.05. The van der Waals surface area contributed by atoms with Crippen molar-refractivity contribution in [3.8, 4) is 0 Å². The van der Waals surface area contributed by atoms with Gasteiger partial charge >= 0.3 is 11.9 Å². The van der Waals surface area contributed by atoms with Crippen molar-refractivity contribution in [3.05, 3.63) is 25.3 Å². The van der Waals surface area contributed by atoms with E-state index in [9.17, 15) is 9.59 Å². The summed E-state index contributed by atoms with van der Waals surface area (Å²) in [5, 5.41) is 0. The van der Waals surface area contributed by atoms with E-state index in [2.05, 4.69) is 13.2 Å². The molecule has 4 atom stereocenters. The van der Waals surface area contributed by atoms with Crippen LogP contribution in [-0.4, -0.2) is 42.6 Å². The number of carbonyl (C=O) groups excluding carboxylic acids is 2. The topological polar surface area (TPSA) is 71.1 Å². The Morgan fingerprint density at radius 2 is 1.91 bits per heavy atom. The van der Waals surface area contributed by atoms with Crippen molar-refractivity contribution in [1.29, 1.82) is 0 Å². The maximum absolute atomic E-state index is 11.5. The molecule has 0 amide bonds. The van der Waals surface area contributed by atoms with Crippen molar-refractivity contribution in [1.82, 2.24) is 0 Å². The minimum Gasteiger partial charge on any atom is -0.465 e. The highest BCUT2D eigenvalue weighted by Crippen LogP contribution is 2.41. The van der Waals surface area contributed by atoms with Crippen molar-refractivity contribution in [3.63, 3.8) is 0 Å². The second-order valence-corrected chi connectivity index (χ2v) is 6.26. The summed E-state index contributed by atoms with van der Waals surface area (Å²) in [6, 6.07) is 0. The molecule has 0 N–H and O–H groups in total. The molecule has 6 heteroatoms. The van der Waals surface area contributed by atoms with Gasteiger partial charge in [0.05, 0.1) is 19.1 Å². The molecule has 2 rings (SSSR count). The van der Waals surface area contributed by atoms with E-state index in [1.807, 2.05) is 13.8 Å². The third-order valence-corrected chi connectivity index (χ3v) is 4.02. The molecular weight excluding hydrogens is 300 g/mol. The lowest BCUT2D eigenvalue weighted by molar-refractivity contribution is -0.167. The van der Waals surface area contributed by atoms with Crippen LogP contribution in [-0.2, 0) is 28.5 Å². The van der Waals surface area contributed by atoms with Gasteiger partial charge in [-0.25, -0.2) is 4.79 Å². The number of esters is 2. The van der Waals surface area contributed by atoms with Crippen LogP contribution in [0.2, 0.25) is 0 Å². The first-order chi connectivity index (χ1) is 10.9. The molecule has 0 aromatic carbocycles. The van der Waals surface area contributed by atoms with Gasteiger partial charge in [0.2, 0.25) is 0 Å². The van der Waals surface area contributed by atoms with Crippen LogP contribution in [0.4, 0.5) is 0 Å². The average Bonchev–Trinajstić information content (AvgIpc) is 2.82. The number of carbonyl (C=O) groups is 2. The Labute approximate surface area is 136 Å². The van der Waals surface area contributed by atoms with Crippen LogP contribution in [0.5, 0.6) is 0 Å². The predicted molar refractivity (Wildman–Crippen MR) is 82.4 cm³/mol. The van der Waals surface area contributed by atoms with Gasteiger partial charge in [0.25, 0.3) is 0 Å². The van der Waals surface area contributed by atoms with Gasteiger partial charge in [-0.2, -0.15) is 0 Å². The molecule has 23 heavy (non-hydrogen) atoms. The molecule has 0 radical (unpaired) electrons. The van der Waals surface area contributed by atoms with Crippen LogP contribution >= 0.6 is 0 Å². The largest absolute Gasteiger partial charge is 0.465 e. The maximum atomic E-state index is 11.5. The molecule has 128 valence electrons. The summed E-state index contributed by atoms with van der Waals surface area (Å²) in [6.45, 7) is 10.8. The predicted octanol–water partition coefficient (Wildman–Crippen LogP) is 2.13. The Kier molecular flexibility index (Phi) is 5.59. The van der Waals surface area contributed by atoms with Crippen molar-refractivity contribution >= 4 is 11.9 Å². The van der Waals surface area contributed by atoms with E-state index in [-0.39, 0.29) is 43.2 Å². The van der Waals surface area contributed by atoms with Crippen LogP contribution in [0.3, 0.4) is 0 Å². The molecule has 1 aliphatic carbocycles. The monoisotopic (exact) mass is 324 g/mol. The molecule has 6 nitrogen and oxygen atoms in total. The molecule has 2 fully saturated rings. The molecule has 1 heterocycles. The van der Waals surface area contributed by atoms with E-state index in [1.54, 1.807) is 0 Å². The molecule has 1 aliphatic heterocycles. The van der Waals surface area contributed by atoms with Crippen molar-refractivity contribution in [2.45, 2.75) is 57.2 Å². The van der Waals surface area contributed by atoms with Gasteiger partial charge in [0, 0.05) is 12.0 Å². The van der Waals surface area contributed by atoms with Crippen molar-refractivity contribution in [2.24, 2.45) is 5.92 Å². The number of ether oxygens (including phenoxy) is 4. The van der Waals surface area contributed by atoms with E-state index in [0.717, 1.165) is 12.5 Å². The van der Waals surface area contributed by atoms with Gasteiger partial charge in [0.15, 0.2) is 5.79 Å². The zero-order valence-corrected chi connectivity index (χ0v) is 13.7. The smallest absolute Gasteiger partial charge is 0.330 e. The quantitative estimate of drug-likeness (QED) is 0.423. The van der Waals surface area contributed by atoms with Gasteiger partial charge in [-0.1, -0.05) is 12.7 Å². The second-order valence-electron chi connectivity index (χ2n) is 6.26. The minimum atomic E-state index is -0.762. The zero-order chi connectivity index (χ0) is 17.0. The standard InChI is InChI=1S/C17H24O6/c1-5-7-14(19)20-10-11-8-9-12(21-13(18)6-2)16-15(11)22-17(3,4)23-16/h5-6,11-12,15-16H,1-2,7-10H2,3-4H3. The van der Waals surface area contributed by atoms with E-state index < -0.39 is 11.8 Å². The first kappa shape index (κ1) is 17.7. The Balaban J connectivity index is 2.02. The molecule has 0 bridgehead atoms. The van der Waals surface area contributed by atoms with E-state index in [1.165, 1.54) is 6.08 Å². The van der Waals surface area contributed by atoms with Crippen LogP contribution in [0.15, 0.2) is 25.3 Å². The first-order valence-corrected chi connectivity index (χ1v) is 7.81. The first-order valence-electron chi connectivity index (χ1n) is 7.81. The fourth-order valence-electron chi connectivity index (χ4n) is 3.05. The van der Waals surface area contributed by atoms with Crippen molar-refractivity contribution in [2.75, 3.05) is 6.61 Å². The van der Waals surface area contributed by atoms with E-state index >= 15 is 0 Å². The summed E-state index contributed by atoms with van der Waals surface area (Å²) in [5.41, 5.74) is 0. The van der Waals surface area contributed by atoms with Crippen LogP contribution in [0, 0.1) is 5.92 Å². The Bertz CT molecular complexity index is 483. The van der Waals surface area contributed by atoms with Gasteiger partial charge in [-0.15, -0.1) is 6.58 Å². The summed E-state index contributed by atoms with van der Waals surface area (Å²) in [6.07, 6.45) is 3.15. The molecule has 2 aliphatic rings. The molecule has 0 aromatic heterocycles. The third-order valence-electron chi connectivity index (χ3n) is 4.02. The van der Waals surface area contributed by atoms with Gasteiger partial charge in [0.1, 0.15) is 12.2 Å². The highest BCUT2D eigenvalue weighted by atomic mass is 16.8. The third kappa shape index (κ3) is 4.42. The number of hydrogen-bond acceptors (Lipinski definition) is 6. The molecule has 4 unspecified atom stereocenters. The average molecular weight is 324 g/mol. The van der Waals surface area contributed by atoms with Crippen molar-refractivity contribution < 1.29 is 28.5 Å². The van der Waals surface area contributed by atoms with Gasteiger partial charge in [-0.05, 0) is 26.7 Å². The molecule has 1 saturated carbocycles. The van der Waals surface area contributed by atoms with Gasteiger partial charge in [-0.3, -0.25) is 4.79 Å². The molecule has 0 spiro atoms. The molecule has 1 saturated heterocycles. The highest BCUT2D eigenvalue weighted by molar-refractivity contribution is 5.81. The summed E-state index contributed by atoms with van der Waals surface area (Å²) in [7, 11) is 0. The van der Waals surface area contributed by atoms with E-state index in [0.29, 0.717) is 6.42 Å². The minimum absolute atomic E-state index is 0.00854. The van der Waals surface area contributed by atoms with E-state index in [4.69, 9.17) is 18.9 Å². The summed E-state index contributed by atoms with van der Waals surface area (Å²) >= 11 is 0. The van der Waals surface area contributed by atoms with Crippen LogP contribution in [0.25, 0.3) is 0 Å². The molecular formula is C17H24O6. The lowest BCUT2D eigenvalue weighted by atomic mass is 9.83. The summed E-state index contributed by atoms with van der Waals surface area (Å²) in [4.78, 5) is 23.0. The number of fused-ring (bicyclic) bond motifs is 1. The fraction of sp³-hybridized carbons (Fsp3) is 0.647. The summed E-state index contributed by atoms with van der Waals surface area (Å²) < 4.78 is 22.5. The maximum Gasteiger partial charge on any atom is 0.330 e. The highest BCUT2D eigenvalue weighted by Gasteiger charge is 2.52. The zero-order valence-electron chi connectivity index (χ0n) is 13.7. The number of rotatable bonds is 6. The van der Waals surface area contributed by atoms with Crippen LogP contribution in [0.1, 0.15) is 33.1 Å². The lowest BCUT2D eigenvalue weighted by Gasteiger charge is -2.35. The van der Waals surface area contributed by atoms with Crippen LogP contribution < -0.4 is 0 Å². The lowest BCUT2D eigenvalue weighted by Crippen LogP contribution is -2.47. The summed E-state index contributed by atoms with van der Waals surface area (Å²) in [5.74, 6) is -1.54. The second kappa shape index (κ2) is 7.27. The molecule has 0 aromatic rings. The van der Waals surface area contributed by atoms with Gasteiger partial charge < -0.3 is 18.9 Å². The number of hydrogen-bond donors (Lipinski definition) is 0. The Hall–Kier alpha value is -1.66. The normalized spacial score (nSPS) is 31.7. The SMILES string of the molecule is C=CCC(=O)OCC1CCC(OC(=O)C=C)C2OC(C)(C)OC12. The Morgan fingerprint density at radius 1 is 1.22 bits per heavy atom. The Morgan fingerprint density at radius 3 is 2.57 bits per heavy atom.